The van der Waals surface area contributed by atoms with Crippen molar-refractivity contribution in [3.63, 3.8) is 0 Å². The molecule has 0 unspecified atom stereocenters. The zero-order valence-corrected chi connectivity index (χ0v) is 10.5. The van der Waals surface area contributed by atoms with Gasteiger partial charge in [-0.3, -0.25) is 4.79 Å². The number of aromatic hydroxyl groups is 1. The summed E-state index contributed by atoms with van der Waals surface area (Å²) in [5, 5.41) is 9.28. The van der Waals surface area contributed by atoms with E-state index in [2.05, 4.69) is 6.07 Å². The molecular weight excluding hydrogens is 238 g/mol. The molecule has 19 heavy (non-hydrogen) atoms. The third-order valence-electron chi connectivity index (χ3n) is 3.47. The zero-order chi connectivity index (χ0) is 13.2. The lowest BCUT2D eigenvalue weighted by Gasteiger charge is -2.29. The van der Waals surface area contributed by atoms with Gasteiger partial charge in [0.15, 0.2) is 0 Å². The summed E-state index contributed by atoms with van der Waals surface area (Å²) >= 11 is 0. The number of benzene rings is 2. The Bertz CT molecular complexity index is 604. The molecule has 0 atom stereocenters. The van der Waals surface area contributed by atoms with Gasteiger partial charge in [-0.15, -0.1) is 0 Å². The minimum absolute atomic E-state index is 0.00727. The van der Waals surface area contributed by atoms with E-state index in [0.717, 1.165) is 25.1 Å². The van der Waals surface area contributed by atoms with E-state index in [1.807, 2.05) is 23.1 Å². The number of phenolic OH excluding ortho intramolecular Hbond substituents is 1. The van der Waals surface area contributed by atoms with Crippen LogP contribution in [0.2, 0.25) is 0 Å². The third kappa shape index (κ3) is 2.19. The van der Waals surface area contributed by atoms with Gasteiger partial charge >= 0.3 is 0 Å². The molecule has 0 bridgehead atoms. The molecule has 0 saturated heterocycles. The maximum atomic E-state index is 12.5. The largest absolute Gasteiger partial charge is 0.508 e. The predicted octanol–water partition coefficient (Wildman–Crippen LogP) is 2.99. The molecule has 1 aliphatic rings. The molecule has 0 aliphatic carbocycles. The quantitative estimate of drug-likeness (QED) is 0.848. The second kappa shape index (κ2) is 4.76. The molecule has 0 aromatic heterocycles. The van der Waals surface area contributed by atoms with E-state index in [-0.39, 0.29) is 11.7 Å². The van der Waals surface area contributed by atoms with Crippen LogP contribution in [0.15, 0.2) is 48.5 Å². The fraction of sp³-hybridized carbons (Fsp3) is 0.188. The van der Waals surface area contributed by atoms with Crippen molar-refractivity contribution in [2.45, 2.75) is 12.8 Å². The molecule has 96 valence electrons. The number of hydrogen-bond donors (Lipinski definition) is 1. The van der Waals surface area contributed by atoms with Gasteiger partial charge in [-0.2, -0.15) is 0 Å². The average Bonchev–Trinajstić information content (AvgIpc) is 2.47. The number of anilines is 1. The smallest absolute Gasteiger partial charge is 0.258 e. The van der Waals surface area contributed by atoms with Gasteiger partial charge in [0.2, 0.25) is 0 Å². The summed E-state index contributed by atoms with van der Waals surface area (Å²) in [4.78, 5) is 14.3. The molecule has 3 rings (SSSR count). The summed E-state index contributed by atoms with van der Waals surface area (Å²) < 4.78 is 0. The molecule has 1 amide bonds. The van der Waals surface area contributed by atoms with Crippen LogP contribution in [-0.2, 0) is 6.42 Å². The summed E-state index contributed by atoms with van der Waals surface area (Å²) in [5.74, 6) is 0.169. The van der Waals surface area contributed by atoms with Crippen LogP contribution in [0.3, 0.4) is 0 Å². The molecule has 2 aromatic rings. The first-order chi connectivity index (χ1) is 9.25. The van der Waals surface area contributed by atoms with Crippen LogP contribution in [0.4, 0.5) is 5.69 Å². The number of aryl methyl sites for hydroxylation is 1. The monoisotopic (exact) mass is 253 g/mol. The number of fused-ring (bicyclic) bond motifs is 1. The molecule has 3 nitrogen and oxygen atoms in total. The summed E-state index contributed by atoms with van der Waals surface area (Å²) in [7, 11) is 0. The van der Waals surface area contributed by atoms with E-state index < -0.39 is 0 Å². The number of hydrogen-bond acceptors (Lipinski definition) is 2. The number of nitrogens with zero attached hydrogens (tertiary/aromatic N) is 1. The molecule has 0 radical (unpaired) electrons. The topological polar surface area (TPSA) is 40.5 Å². The molecular formula is C16H15NO2. The second-order valence-corrected chi connectivity index (χ2v) is 4.74. The Morgan fingerprint density at radius 2 is 1.79 bits per heavy atom. The maximum Gasteiger partial charge on any atom is 0.258 e. The predicted molar refractivity (Wildman–Crippen MR) is 74.5 cm³/mol. The standard InChI is InChI=1S/C16H15NO2/c18-14-9-7-13(8-10-14)16(19)17-11-3-5-12-4-1-2-6-15(12)17/h1-2,4,6-10,18H,3,5,11H2. The molecule has 1 N–H and O–H groups in total. The number of para-hydroxylation sites is 1. The first-order valence-corrected chi connectivity index (χ1v) is 6.44. The fourth-order valence-electron chi connectivity index (χ4n) is 2.50. The van der Waals surface area contributed by atoms with Crippen LogP contribution < -0.4 is 4.90 Å². The summed E-state index contributed by atoms with van der Waals surface area (Å²) in [6.45, 7) is 0.747. The van der Waals surface area contributed by atoms with Gasteiger partial charge in [-0.25, -0.2) is 0 Å². The molecule has 0 saturated carbocycles. The lowest BCUT2D eigenvalue weighted by atomic mass is 10.0. The SMILES string of the molecule is O=C(c1ccc(O)cc1)N1CCCc2ccccc21. The maximum absolute atomic E-state index is 12.5. The van der Waals surface area contributed by atoms with Crippen LogP contribution in [-0.4, -0.2) is 17.6 Å². The Hall–Kier alpha value is -2.29. The van der Waals surface area contributed by atoms with Crippen molar-refractivity contribution >= 4 is 11.6 Å². The van der Waals surface area contributed by atoms with E-state index in [1.165, 1.54) is 5.56 Å². The van der Waals surface area contributed by atoms with Crippen molar-refractivity contribution in [2.24, 2.45) is 0 Å². The minimum Gasteiger partial charge on any atom is -0.508 e. The number of phenols is 1. The zero-order valence-electron chi connectivity index (χ0n) is 10.5. The van der Waals surface area contributed by atoms with Gasteiger partial charge < -0.3 is 10.0 Å². The van der Waals surface area contributed by atoms with E-state index in [0.29, 0.717) is 5.56 Å². The Morgan fingerprint density at radius 3 is 2.58 bits per heavy atom. The van der Waals surface area contributed by atoms with Crippen molar-refractivity contribution < 1.29 is 9.90 Å². The molecule has 3 heteroatoms. The summed E-state index contributed by atoms with van der Waals surface area (Å²) in [6.07, 6.45) is 2.01. The highest BCUT2D eigenvalue weighted by molar-refractivity contribution is 6.06. The van der Waals surface area contributed by atoms with Crippen molar-refractivity contribution in [1.82, 2.24) is 0 Å². The normalized spacial score (nSPS) is 14.0. The van der Waals surface area contributed by atoms with E-state index in [9.17, 15) is 9.90 Å². The van der Waals surface area contributed by atoms with E-state index in [4.69, 9.17) is 0 Å². The fourth-order valence-corrected chi connectivity index (χ4v) is 2.50. The van der Waals surface area contributed by atoms with Gasteiger partial charge in [0.05, 0.1) is 0 Å². The lowest BCUT2D eigenvalue weighted by molar-refractivity contribution is 0.0985. The lowest BCUT2D eigenvalue weighted by Crippen LogP contribution is -2.35. The summed E-state index contributed by atoms with van der Waals surface area (Å²) in [5.41, 5.74) is 2.84. The molecule has 2 aromatic carbocycles. The summed E-state index contributed by atoms with van der Waals surface area (Å²) in [6, 6.07) is 14.4. The number of amides is 1. The van der Waals surface area contributed by atoms with Gasteiger partial charge in [0.25, 0.3) is 5.91 Å². The van der Waals surface area contributed by atoms with Gasteiger partial charge in [-0.05, 0) is 48.7 Å². The Balaban J connectivity index is 1.95. The Kier molecular flexibility index (Phi) is 2.95. The van der Waals surface area contributed by atoms with Gasteiger partial charge in [-0.1, -0.05) is 18.2 Å². The Morgan fingerprint density at radius 1 is 1.05 bits per heavy atom. The van der Waals surface area contributed by atoms with Crippen LogP contribution in [0, 0.1) is 0 Å². The van der Waals surface area contributed by atoms with Gasteiger partial charge in [0, 0.05) is 17.8 Å². The Labute approximate surface area is 112 Å². The number of rotatable bonds is 1. The highest BCUT2D eigenvalue weighted by atomic mass is 16.3. The molecule has 0 fully saturated rings. The molecule has 0 spiro atoms. The van der Waals surface area contributed by atoms with Crippen molar-refractivity contribution in [1.29, 1.82) is 0 Å². The van der Waals surface area contributed by atoms with Crippen LogP contribution in [0.5, 0.6) is 5.75 Å². The number of carbonyl (C=O) groups is 1. The first kappa shape index (κ1) is 11.8. The minimum atomic E-state index is -0.00727. The van der Waals surface area contributed by atoms with Crippen LogP contribution in [0.25, 0.3) is 0 Å². The average molecular weight is 253 g/mol. The second-order valence-electron chi connectivity index (χ2n) is 4.74. The van der Waals surface area contributed by atoms with E-state index in [1.54, 1.807) is 24.3 Å². The van der Waals surface area contributed by atoms with Gasteiger partial charge in [0.1, 0.15) is 5.75 Å². The number of carbonyl (C=O) groups excluding carboxylic acids is 1. The van der Waals surface area contributed by atoms with Crippen molar-refractivity contribution in [3.8, 4) is 5.75 Å². The van der Waals surface area contributed by atoms with Crippen LogP contribution >= 0.6 is 0 Å². The van der Waals surface area contributed by atoms with Crippen molar-refractivity contribution in [3.05, 3.63) is 59.7 Å². The van der Waals surface area contributed by atoms with E-state index >= 15 is 0 Å². The molecule has 1 aliphatic heterocycles. The third-order valence-corrected chi connectivity index (χ3v) is 3.47. The highest BCUT2D eigenvalue weighted by Crippen LogP contribution is 2.28. The highest BCUT2D eigenvalue weighted by Gasteiger charge is 2.22. The first-order valence-electron chi connectivity index (χ1n) is 6.44. The molecule has 1 heterocycles. The van der Waals surface area contributed by atoms with Crippen molar-refractivity contribution in [2.75, 3.05) is 11.4 Å². The van der Waals surface area contributed by atoms with Crippen LogP contribution in [0.1, 0.15) is 22.3 Å².